The molecule has 0 fully saturated rings. The molecule has 0 amide bonds. The molecule has 10 heteroatoms. The Kier molecular flexibility index (Phi) is 7.34. The number of hydrogen-bond acceptors (Lipinski definition) is 7. The smallest absolute Gasteiger partial charge is 0.416 e. The third-order valence-electron chi connectivity index (χ3n) is 4.40. The summed E-state index contributed by atoms with van der Waals surface area (Å²) >= 11 is 0. The minimum atomic E-state index is -4.48. The van der Waals surface area contributed by atoms with Crippen LogP contribution in [-0.2, 0) is 15.7 Å². The quantitative estimate of drug-likeness (QED) is 0.326. The lowest BCUT2D eigenvalue weighted by atomic mass is 10.1. The number of alkyl halides is 3. The van der Waals surface area contributed by atoms with Crippen molar-refractivity contribution >= 4 is 5.97 Å². The van der Waals surface area contributed by atoms with Gasteiger partial charge in [-0.1, -0.05) is 17.3 Å². The van der Waals surface area contributed by atoms with E-state index in [1.807, 2.05) is 0 Å². The second kappa shape index (κ2) is 10.2. The zero-order valence-corrected chi connectivity index (χ0v) is 17.4. The van der Waals surface area contributed by atoms with Gasteiger partial charge in [0.25, 0.3) is 5.89 Å². The van der Waals surface area contributed by atoms with E-state index in [9.17, 15) is 18.0 Å². The summed E-state index contributed by atoms with van der Waals surface area (Å²) in [7, 11) is 1.57. The van der Waals surface area contributed by atoms with Crippen LogP contribution in [0.3, 0.4) is 0 Å². The molecule has 0 bridgehead atoms. The van der Waals surface area contributed by atoms with Gasteiger partial charge in [-0.15, -0.1) is 0 Å². The van der Waals surface area contributed by atoms with E-state index in [1.54, 1.807) is 31.4 Å². The summed E-state index contributed by atoms with van der Waals surface area (Å²) in [6, 6.07) is 11.6. The predicted octanol–water partition coefficient (Wildman–Crippen LogP) is 5.23. The fourth-order valence-electron chi connectivity index (χ4n) is 2.74. The Labute approximate surface area is 182 Å². The highest BCUT2D eigenvalue weighted by atomic mass is 19.4. The summed E-state index contributed by atoms with van der Waals surface area (Å²) in [5.41, 5.74) is -0.679. The first-order valence-corrected chi connectivity index (χ1v) is 9.74. The van der Waals surface area contributed by atoms with Gasteiger partial charge in [0.2, 0.25) is 5.82 Å². The summed E-state index contributed by atoms with van der Waals surface area (Å²) in [6.07, 6.45) is -4.80. The molecule has 2 aromatic carbocycles. The molecule has 0 radical (unpaired) electrons. The lowest BCUT2D eigenvalue weighted by Gasteiger charge is -2.10. The van der Waals surface area contributed by atoms with Gasteiger partial charge < -0.3 is 18.7 Å². The summed E-state index contributed by atoms with van der Waals surface area (Å²) in [6.45, 7) is 1.85. The molecule has 7 nitrogen and oxygen atoms in total. The number of carbonyl (C=O) groups excluding carboxylic acids is 1. The van der Waals surface area contributed by atoms with E-state index < -0.39 is 23.8 Å². The third kappa shape index (κ3) is 6.22. The molecule has 1 heterocycles. The first-order chi connectivity index (χ1) is 15.3. The van der Waals surface area contributed by atoms with Gasteiger partial charge in [0.05, 0.1) is 19.3 Å². The van der Waals surface area contributed by atoms with Crippen LogP contribution in [0.15, 0.2) is 53.1 Å². The first kappa shape index (κ1) is 23.1. The molecule has 0 saturated heterocycles. The average Bonchev–Trinajstić information content (AvgIpc) is 3.27. The van der Waals surface area contributed by atoms with Crippen LogP contribution in [0.25, 0.3) is 11.4 Å². The molecule has 0 spiro atoms. The van der Waals surface area contributed by atoms with Crippen LogP contribution in [0.4, 0.5) is 13.2 Å². The van der Waals surface area contributed by atoms with Gasteiger partial charge in [0.15, 0.2) is 6.10 Å². The molecule has 0 aliphatic carbocycles. The summed E-state index contributed by atoms with van der Waals surface area (Å²) in [5, 5.41) is 3.69. The number of carbonyl (C=O) groups is 1. The number of nitrogens with zero attached hydrogens (tertiary/aromatic N) is 2. The summed E-state index contributed by atoms with van der Waals surface area (Å²) < 4.78 is 59.6. The van der Waals surface area contributed by atoms with E-state index in [1.165, 1.54) is 19.1 Å². The Bertz CT molecular complexity index is 1030. The first-order valence-electron chi connectivity index (χ1n) is 9.74. The van der Waals surface area contributed by atoms with Gasteiger partial charge in [-0.3, -0.25) is 4.79 Å². The number of methoxy groups -OCH3 is 1. The van der Waals surface area contributed by atoms with E-state index in [4.69, 9.17) is 18.7 Å². The fourth-order valence-corrected chi connectivity index (χ4v) is 2.74. The van der Waals surface area contributed by atoms with Crippen molar-refractivity contribution in [2.75, 3.05) is 13.7 Å². The number of halogens is 3. The lowest BCUT2D eigenvalue weighted by molar-refractivity contribution is -0.150. The zero-order chi connectivity index (χ0) is 23.1. The standard InChI is InChI=1S/C22H21F3N2O5/c1-14(31-19(28)7-4-12-30-18-10-8-17(29-2)9-11-18)21-26-20(27-32-21)15-5-3-6-16(13-15)22(23,24)25/h3,5-6,8-11,13-14H,4,7,12H2,1-2H3. The van der Waals surface area contributed by atoms with Gasteiger partial charge in [0.1, 0.15) is 11.5 Å². The monoisotopic (exact) mass is 450 g/mol. The number of rotatable bonds is 9. The third-order valence-corrected chi connectivity index (χ3v) is 4.40. The Morgan fingerprint density at radius 1 is 1.12 bits per heavy atom. The molecule has 32 heavy (non-hydrogen) atoms. The molecule has 0 aliphatic heterocycles. The number of esters is 1. The molecular weight excluding hydrogens is 429 g/mol. The van der Waals surface area contributed by atoms with Crippen LogP contribution in [0.5, 0.6) is 11.5 Å². The van der Waals surface area contributed by atoms with Crippen LogP contribution in [-0.4, -0.2) is 29.8 Å². The van der Waals surface area contributed by atoms with Crippen molar-refractivity contribution in [1.82, 2.24) is 10.1 Å². The molecule has 1 unspecified atom stereocenters. The highest BCUT2D eigenvalue weighted by Crippen LogP contribution is 2.31. The molecule has 0 N–H and O–H groups in total. The van der Waals surface area contributed by atoms with Crippen molar-refractivity contribution in [2.24, 2.45) is 0 Å². The number of aromatic nitrogens is 2. The maximum Gasteiger partial charge on any atom is 0.416 e. The second-order valence-corrected chi connectivity index (χ2v) is 6.79. The largest absolute Gasteiger partial charge is 0.497 e. The van der Waals surface area contributed by atoms with Crippen molar-refractivity contribution in [1.29, 1.82) is 0 Å². The van der Waals surface area contributed by atoms with E-state index in [0.717, 1.165) is 12.1 Å². The molecule has 0 saturated carbocycles. The highest BCUT2D eigenvalue weighted by molar-refractivity contribution is 5.69. The van der Waals surface area contributed by atoms with E-state index in [2.05, 4.69) is 10.1 Å². The fraction of sp³-hybridized carbons (Fsp3) is 0.318. The lowest BCUT2D eigenvalue weighted by Crippen LogP contribution is -2.10. The Hall–Kier alpha value is -3.56. The topological polar surface area (TPSA) is 83.7 Å². The highest BCUT2D eigenvalue weighted by Gasteiger charge is 2.31. The van der Waals surface area contributed by atoms with Crippen molar-refractivity contribution < 1.29 is 36.7 Å². The maximum absolute atomic E-state index is 12.9. The van der Waals surface area contributed by atoms with Crippen molar-refractivity contribution in [3.8, 4) is 22.9 Å². The minimum absolute atomic E-state index is 0.0137. The Balaban J connectivity index is 1.48. The Morgan fingerprint density at radius 2 is 1.84 bits per heavy atom. The van der Waals surface area contributed by atoms with Gasteiger partial charge in [-0.25, -0.2) is 0 Å². The molecule has 3 aromatic rings. The second-order valence-electron chi connectivity index (χ2n) is 6.79. The molecule has 1 aromatic heterocycles. The zero-order valence-electron chi connectivity index (χ0n) is 17.4. The van der Waals surface area contributed by atoms with E-state index in [-0.39, 0.29) is 23.7 Å². The minimum Gasteiger partial charge on any atom is -0.497 e. The van der Waals surface area contributed by atoms with Crippen LogP contribution in [0.2, 0.25) is 0 Å². The van der Waals surface area contributed by atoms with Gasteiger partial charge in [-0.05, 0) is 49.7 Å². The molecule has 170 valence electrons. The van der Waals surface area contributed by atoms with Crippen LogP contribution < -0.4 is 9.47 Å². The van der Waals surface area contributed by atoms with Crippen LogP contribution >= 0.6 is 0 Å². The molecule has 0 aliphatic rings. The van der Waals surface area contributed by atoms with Crippen molar-refractivity contribution in [3.63, 3.8) is 0 Å². The summed E-state index contributed by atoms with van der Waals surface area (Å²) in [5.74, 6) is 0.837. The predicted molar refractivity (Wildman–Crippen MR) is 107 cm³/mol. The normalized spacial score (nSPS) is 12.3. The van der Waals surface area contributed by atoms with Crippen molar-refractivity contribution in [2.45, 2.75) is 32.0 Å². The van der Waals surface area contributed by atoms with Crippen LogP contribution in [0, 0.1) is 0 Å². The maximum atomic E-state index is 12.9. The molecular formula is C22H21F3N2O5. The van der Waals surface area contributed by atoms with Gasteiger partial charge in [-0.2, -0.15) is 18.2 Å². The Morgan fingerprint density at radius 3 is 2.53 bits per heavy atom. The SMILES string of the molecule is COc1ccc(OCCCC(=O)OC(C)c2nc(-c3cccc(C(F)(F)F)c3)no2)cc1. The van der Waals surface area contributed by atoms with Gasteiger partial charge in [0, 0.05) is 12.0 Å². The molecule has 3 rings (SSSR count). The molecule has 1 atom stereocenters. The van der Waals surface area contributed by atoms with Crippen LogP contribution in [0.1, 0.15) is 37.3 Å². The van der Waals surface area contributed by atoms with E-state index in [0.29, 0.717) is 24.5 Å². The van der Waals surface area contributed by atoms with E-state index >= 15 is 0 Å². The number of hydrogen-bond donors (Lipinski definition) is 0. The average molecular weight is 450 g/mol. The van der Waals surface area contributed by atoms with Crippen molar-refractivity contribution in [3.05, 3.63) is 60.0 Å². The number of benzene rings is 2. The van der Waals surface area contributed by atoms with Gasteiger partial charge >= 0.3 is 12.1 Å². The summed E-state index contributed by atoms with van der Waals surface area (Å²) in [4.78, 5) is 16.1. The number of ether oxygens (including phenoxy) is 3.